The molecule has 1 rings (SSSR count). The van der Waals surface area contributed by atoms with Gasteiger partial charge in [-0.2, -0.15) is 0 Å². The SMILES string of the molecule is CNC(=O)C[C@@H](C)N(C)Cc1ccncc1. The minimum atomic E-state index is 0.0779. The fourth-order valence-corrected chi connectivity index (χ4v) is 1.46. The minimum absolute atomic E-state index is 0.0779. The van der Waals surface area contributed by atoms with E-state index in [0.29, 0.717) is 6.42 Å². The number of carbonyl (C=O) groups is 1. The van der Waals surface area contributed by atoms with Gasteiger partial charge in [-0.25, -0.2) is 0 Å². The molecule has 1 amide bonds. The molecule has 0 fully saturated rings. The van der Waals surface area contributed by atoms with Crippen molar-refractivity contribution in [2.75, 3.05) is 14.1 Å². The van der Waals surface area contributed by atoms with Crippen molar-refractivity contribution < 1.29 is 4.79 Å². The van der Waals surface area contributed by atoms with Gasteiger partial charge in [0.15, 0.2) is 0 Å². The normalized spacial score (nSPS) is 12.5. The van der Waals surface area contributed by atoms with Gasteiger partial charge in [0.2, 0.25) is 5.91 Å². The molecule has 0 aliphatic rings. The number of rotatable bonds is 5. The highest BCUT2D eigenvalue weighted by Gasteiger charge is 2.12. The summed E-state index contributed by atoms with van der Waals surface area (Å²) in [6.07, 6.45) is 4.09. The molecule has 0 saturated carbocycles. The molecule has 4 heteroatoms. The van der Waals surface area contributed by atoms with Crippen LogP contribution in [-0.4, -0.2) is 35.9 Å². The zero-order valence-electron chi connectivity index (χ0n) is 10.1. The van der Waals surface area contributed by atoms with Crippen LogP contribution in [0.5, 0.6) is 0 Å². The second-order valence-electron chi connectivity index (χ2n) is 4.00. The van der Waals surface area contributed by atoms with Crippen LogP contribution in [0, 0.1) is 0 Å². The molecule has 88 valence electrons. The number of carbonyl (C=O) groups excluding carboxylic acids is 1. The van der Waals surface area contributed by atoms with Gasteiger partial charge in [0, 0.05) is 38.4 Å². The van der Waals surface area contributed by atoms with Crippen molar-refractivity contribution in [3.63, 3.8) is 0 Å². The van der Waals surface area contributed by atoms with Crippen LogP contribution in [0.3, 0.4) is 0 Å². The summed E-state index contributed by atoms with van der Waals surface area (Å²) in [4.78, 5) is 17.4. The number of pyridine rings is 1. The summed E-state index contributed by atoms with van der Waals surface area (Å²) in [5, 5.41) is 2.64. The van der Waals surface area contributed by atoms with E-state index >= 15 is 0 Å². The maximum absolute atomic E-state index is 11.2. The lowest BCUT2D eigenvalue weighted by molar-refractivity contribution is -0.121. The molecule has 0 aliphatic heterocycles. The van der Waals surface area contributed by atoms with Gasteiger partial charge in [-0.3, -0.25) is 14.7 Å². The van der Waals surface area contributed by atoms with Gasteiger partial charge < -0.3 is 5.32 Å². The van der Waals surface area contributed by atoms with E-state index in [1.807, 2.05) is 19.2 Å². The van der Waals surface area contributed by atoms with Gasteiger partial charge in [-0.05, 0) is 31.7 Å². The van der Waals surface area contributed by atoms with Crippen LogP contribution in [0.2, 0.25) is 0 Å². The van der Waals surface area contributed by atoms with E-state index in [-0.39, 0.29) is 11.9 Å². The predicted molar refractivity (Wildman–Crippen MR) is 63.8 cm³/mol. The Bertz CT molecular complexity index is 326. The van der Waals surface area contributed by atoms with Gasteiger partial charge in [0.05, 0.1) is 0 Å². The van der Waals surface area contributed by atoms with E-state index in [2.05, 4.69) is 22.1 Å². The molecule has 0 aliphatic carbocycles. The van der Waals surface area contributed by atoms with E-state index in [1.54, 1.807) is 19.4 Å². The molecule has 0 spiro atoms. The number of amides is 1. The Labute approximate surface area is 96.7 Å². The Kier molecular flexibility index (Phi) is 4.92. The van der Waals surface area contributed by atoms with Crippen LogP contribution in [0.1, 0.15) is 18.9 Å². The maximum Gasteiger partial charge on any atom is 0.221 e. The molecule has 1 N–H and O–H groups in total. The Morgan fingerprint density at radius 2 is 2.12 bits per heavy atom. The zero-order valence-corrected chi connectivity index (χ0v) is 10.1. The number of nitrogens with zero attached hydrogens (tertiary/aromatic N) is 2. The third kappa shape index (κ3) is 3.98. The van der Waals surface area contributed by atoms with Gasteiger partial charge in [0.1, 0.15) is 0 Å². The third-order valence-electron chi connectivity index (χ3n) is 2.69. The second-order valence-corrected chi connectivity index (χ2v) is 4.00. The average Bonchev–Trinajstić information content (AvgIpc) is 2.30. The lowest BCUT2D eigenvalue weighted by atomic mass is 10.1. The molecule has 0 saturated heterocycles. The highest BCUT2D eigenvalue weighted by atomic mass is 16.1. The van der Waals surface area contributed by atoms with Crippen LogP contribution in [-0.2, 0) is 11.3 Å². The lowest BCUT2D eigenvalue weighted by Crippen LogP contribution is -2.33. The van der Waals surface area contributed by atoms with E-state index in [1.165, 1.54) is 5.56 Å². The standard InChI is InChI=1S/C12H19N3O/c1-10(8-12(16)13-2)15(3)9-11-4-6-14-7-5-11/h4-7,10H,8-9H2,1-3H3,(H,13,16)/t10-/m1/s1. The van der Waals surface area contributed by atoms with Crippen LogP contribution < -0.4 is 5.32 Å². The zero-order chi connectivity index (χ0) is 12.0. The largest absolute Gasteiger partial charge is 0.359 e. The molecule has 0 aromatic carbocycles. The summed E-state index contributed by atoms with van der Waals surface area (Å²) >= 11 is 0. The average molecular weight is 221 g/mol. The van der Waals surface area contributed by atoms with Gasteiger partial charge in [-0.15, -0.1) is 0 Å². The Hall–Kier alpha value is -1.42. The van der Waals surface area contributed by atoms with Gasteiger partial charge in [-0.1, -0.05) is 0 Å². The first-order chi connectivity index (χ1) is 7.63. The topological polar surface area (TPSA) is 45.2 Å². The summed E-state index contributed by atoms with van der Waals surface area (Å²) in [7, 11) is 3.69. The van der Waals surface area contributed by atoms with Crippen molar-refractivity contribution in [3.8, 4) is 0 Å². The fraction of sp³-hybridized carbons (Fsp3) is 0.500. The first-order valence-corrected chi connectivity index (χ1v) is 5.43. The van der Waals surface area contributed by atoms with Gasteiger partial charge >= 0.3 is 0 Å². The van der Waals surface area contributed by atoms with Crippen molar-refractivity contribution in [3.05, 3.63) is 30.1 Å². The smallest absolute Gasteiger partial charge is 0.221 e. The molecule has 0 unspecified atom stereocenters. The van der Waals surface area contributed by atoms with Crippen molar-refractivity contribution >= 4 is 5.91 Å². The first-order valence-electron chi connectivity index (χ1n) is 5.43. The molecule has 0 radical (unpaired) electrons. The molecule has 4 nitrogen and oxygen atoms in total. The first kappa shape index (κ1) is 12.6. The minimum Gasteiger partial charge on any atom is -0.359 e. The summed E-state index contributed by atoms with van der Waals surface area (Å²) in [5.41, 5.74) is 1.21. The summed E-state index contributed by atoms with van der Waals surface area (Å²) in [6, 6.07) is 4.21. The molecule has 1 aromatic heterocycles. The van der Waals surface area contributed by atoms with Crippen molar-refractivity contribution in [1.29, 1.82) is 0 Å². The van der Waals surface area contributed by atoms with Crippen molar-refractivity contribution in [2.45, 2.75) is 25.9 Å². The highest BCUT2D eigenvalue weighted by Crippen LogP contribution is 2.07. The summed E-state index contributed by atoms with van der Waals surface area (Å²) in [5.74, 6) is 0.0779. The van der Waals surface area contributed by atoms with Crippen LogP contribution in [0.25, 0.3) is 0 Å². The number of nitrogens with one attached hydrogen (secondary N) is 1. The summed E-state index contributed by atoms with van der Waals surface area (Å²) in [6.45, 7) is 2.89. The molecular weight excluding hydrogens is 202 g/mol. The Morgan fingerprint density at radius 1 is 1.50 bits per heavy atom. The van der Waals surface area contributed by atoms with Crippen molar-refractivity contribution in [1.82, 2.24) is 15.2 Å². The number of hydrogen-bond donors (Lipinski definition) is 1. The van der Waals surface area contributed by atoms with Gasteiger partial charge in [0.25, 0.3) is 0 Å². The number of aromatic nitrogens is 1. The maximum atomic E-state index is 11.2. The summed E-state index contributed by atoms with van der Waals surface area (Å²) < 4.78 is 0. The van der Waals surface area contributed by atoms with E-state index in [4.69, 9.17) is 0 Å². The Morgan fingerprint density at radius 3 is 2.69 bits per heavy atom. The molecule has 16 heavy (non-hydrogen) atoms. The molecule has 0 bridgehead atoms. The van der Waals surface area contributed by atoms with Crippen molar-refractivity contribution in [2.24, 2.45) is 0 Å². The molecule has 1 atom stereocenters. The van der Waals surface area contributed by atoms with Crippen LogP contribution >= 0.6 is 0 Å². The van der Waals surface area contributed by atoms with E-state index in [0.717, 1.165) is 6.54 Å². The predicted octanol–water partition coefficient (Wildman–Crippen LogP) is 1.04. The molecule has 1 aromatic rings. The van der Waals surface area contributed by atoms with Crippen LogP contribution in [0.15, 0.2) is 24.5 Å². The Balaban J connectivity index is 2.46. The monoisotopic (exact) mass is 221 g/mol. The fourth-order valence-electron chi connectivity index (χ4n) is 1.46. The third-order valence-corrected chi connectivity index (χ3v) is 2.69. The van der Waals surface area contributed by atoms with E-state index in [9.17, 15) is 4.79 Å². The lowest BCUT2D eigenvalue weighted by Gasteiger charge is -2.23. The molecular formula is C12H19N3O. The van der Waals surface area contributed by atoms with Crippen LogP contribution in [0.4, 0.5) is 0 Å². The highest BCUT2D eigenvalue weighted by molar-refractivity contribution is 5.76. The van der Waals surface area contributed by atoms with E-state index < -0.39 is 0 Å². The molecule has 1 heterocycles. The number of hydrogen-bond acceptors (Lipinski definition) is 3. The second kappa shape index (κ2) is 6.23. The quantitative estimate of drug-likeness (QED) is 0.808.